The monoisotopic (exact) mass is 296 g/mol. The number of amides is 1. The minimum absolute atomic E-state index is 0.0156. The molecule has 0 aliphatic heterocycles. The van der Waals surface area contributed by atoms with Gasteiger partial charge in [-0.1, -0.05) is 6.92 Å². The number of halogens is 1. The molecule has 0 unspecified atom stereocenters. The highest BCUT2D eigenvalue weighted by molar-refractivity contribution is 5.92. The van der Waals surface area contributed by atoms with Gasteiger partial charge in [0.2, 0.25) is 0 Å². The summed E-state index contributed by atoms with van der Waals surface area (Å²) >= 11 is 0. The van der Waals surface area contributed by atoms with Crippen molar-refractivity contribution in [3.8, 4) is 0 Å². The Morgan fingerprint density at radius 3 is 2.52 bits per heavy atom. The van der Waals surface area contributed by atoms with Crippen LogP contribution in [0.1, 0.15) is 43.1 Å². The fraction of sp³-hybridized carbons (Fsp3) is 0.467. The number of nitrogen functional groups attached to an aromatic ring is 1. The van der Waals surface area contributed by atoms with E-state index in [1.807, 2.05) is 20.8 Å². The standard InChI is InChI=1S/C15H21FN2O3/c1-5-15(3,4)18-13(19)8-21-14(20)10-6-11(16)9(2)12(17)7-10/h6-7H,5,8,17H2,1-4H3,(H,18,19). The maximum Gasteiger partial charge on any atom is 0.338 e. The van der Waals surface area contributed by atoms with Crippen LogP contribution in [-0.2, 0) is 9.53 Å². The number of ether oxygens (including phenoxy) is 1. The van der Waals surface area contributed by atoms with Crippen LogP contribution in [-0.4, -0.2) is 24.0 Å². The molecule has 5 nitrogen and oxygen atoms in total. The number of carbonyl (C=O) groups is 2. The molecule has 0 atom stereocenters. The van der Waals surface area contributed by atoms with E-state index in [9.17, 15) is 14.0 Å². The van der Waals surface area contributed by atoms with Crippen molar-refractivity contribution in [2.75, 3.05) is 12.3 Å². The second kappa shape index (κ2) is 6.56. The van der Waals surface area contributed by atoms with Gasteiger partial charge in [-0.25, -0.2) is 9.18 Å². The van der Waals surface area contributed by atoms with Crippen LogP contribution in [0.5, 0.6) is 0 Å². The molecule has 0 fully saturated rings. The van der Waals surface area contributed by atoms with Crippen LogP contribution in [0.2, 0.25) is 0 Å². The second-order valence-corrected chi connectivity index (χ2v) is 5.53. The Balaban J connectivity index is 2.65. The predicted octanol–water partition coefficient (Wildman–Crippen LogP) is 2.18. The zero-order valence-corrected chi connectivity index (χ0v) is 12.7. The first kappa shape index (κ1) is 16.9. The molecule has 1 aromatic rings. The molecule has 21 heavy (non-hydrogen) atoms. The average Bonchev–Trinajstić information content (AvgIpc) is 2.41. The van der Waals surface area contributed by atoms with Crippen LogP contribution >= 0.6 is 0 Å². The van der Waals surface area contributed by atoms with E-state index in [1.165, 1.54) is 13.0 Å². The van der Waals surface area contributed by atoms with Gasteiger partial charge in [-0.3, -0.25) is 4.79 Å². The molecule has 0 saturated heterocycles. The summed E-state index contributed by atoms with van der Waals surface area (Å²) in [6, 6.07) is 2.37. The zero-order valence-electron chi connectivity index (χ0n) is 12.7. The van der Waals surface area contributed by atoms with Gasteiger partial charge in [0.1, 0.15) is 5.82 Å². The summed E-state index contributed by atoms with van der Waals surface area (Å²) < 4.78 is 18.4. The van der Waals surface area contributed by atoms with Crippen LogP contribution in [0.25, 0.3) is 0 Å². The fourth-order valence-corrected chi connectivity index (χ4v) is 1.53. The molecule has 0 spiro atoms. The highest BCUT2D eigenvalue weighted by Crippen LogP contribution is 2.18. The van der Waals surface area contributed by atoms with E-state index in [0.717, 1.165) is 12.5 Å². The Labute approximate surface area is 123 Å². The summed E-state index contributed by atoms with van der Waals surface area (Å²) in [4.78, 5) is 23.4. The molecule has 0 aromatic heterocycles. The maximum absolute atomic E-state index is 13.5. The average molecular weight is 296 g/mol. The molecule has 0 bridgehead atoms. The molecule has 3 N–H and O–H groups in total. The van der Waals surface area contributed by atoms with Gasteiger partial charge in [0.05, 0.1) is 5.56 Å². The molecule has 1 aromatic carbocycles. The molecule has 0 aliphatic carbocycles. The van der Waals surface area contributed by atoms with Gasteiger partial charge in [-0.05, 0) is 39.3 Å². The van der Waals surface area contributed by atoms with Crippen molar-refractivity contribution in [2.24, 2.45) is 0 Å². The van der Waals surface area contributed by atoms with Gasteiger partial charge < -0.3 is 15.8 Å². The van der Waals surface area contributed by atoms with E-state index in [0.29, 0.717) is 0 Å². The number of hydrogen-bond donors (Lipinski definition) is 2. The summed E-state index contributed by atoms with van der Waals surface area (Å²) in [5, 5.41) is 2.73. The lowest BCUT2D eigenvalue weighted by Gasteiger charge is -2.24. The van der Waals surface area contributed by atoms with Gasteiger partial charge in [0, 0.05) is 16.8 Å². The fourth-order valence-electron chi connectivity index (χ4n) is 1.53. The van der Waals surface area contributed by atoms with Gasteiger partial charge in [-0.15, -0.1) is 0 Å². The summed E-state index contributed by atoms with van der Waals surface area (Å²) in [6.07, 6.45) is 0.742. The van der Waals surface area contributed by atoms with E-state index in [1.54, 1.807) is 0 Å². The van der Waals surface area contributed by atoms with E-state index >= 15 is 0 Å². The first-order valence-electron chi connectivity index (χ1n) is 6.70. The minimum atomic E-state index is -0.787. The van der Waals surface area contributed by atoms with Crippen molar-refractivity contribution in [2.45, 2.75) is 39.7 Å². The largest absolute Gasteiger partial charge is 0.452 e. The lowest BCUT2D eigenvalue weighted by Crippen LogP contribution is -2.44. The Bertz CT molecular complexity index is 533. The van der Waals surface area contributed by atoms with Gasteiger partial charge in [-0.2, -0.15) is 0 Å². The van der Waals surface area contributed by atoms with Gasteiger partial charge in [0.25, 0.3) is 5.91 Å². The summed E-state index contributed by atoms with van der Waals surface area (Å²) in [7, 11) is 0. The number of anilines is 1. The topological polar surface area (TPSA) is 81.4 Å². The summed E-state index contributed by atoms with van der Waals surface area (Å²) in [6.45, 7) is 6.76. The summed E-state index contributed by atoms with van der Waals surface area (Å²) in [5.74, 6) is -1.78. The van der Waals surface area contributed by atoms with Crippen molar-refractivity contribution in [1.82, 2.24) is 5.32 Å². The highest BCUT2D eigenvalue weighted by Gasteiger charge is 2.19. The lowest BCUT2D eigenvalue weighted by molar-refractivity contribution is -0.125. The molecule has 6 heteroatoms. The minimum Gasteiger partial charge on any atom is -0.452 e. The van der Waals surface area contributed by atoms with Crippen LogP contribution in [0.3, 0.4) is 0 Å². The number of benzene rings is 1. The Hall–Kier alpha value is -2.11. The molecule has 0 aliphatic rings. The van der Waals surface area contributed by atoms with Crippen molar-refractivity contribution >= 4 is 17.6 Å². The normalized spacial score (nSPS) is 11.1. The van der Waals surface area contributed by atoms with Crippen LogP contribution in [0.4, 0.5) is 10.1 Å². The van der Waals surface area contributed by atoms with E-state index in [2.05, 4.69) is 5.32 Å². The number of carbonyl (C=O) groups excluding carboxylic acids is 2. The number of nitrogens with one attached hydrogen (secondary N) is 1. The Morgan fingerprint density at radius 2 is 2.00 bits per heavy atom. The molecule has 1 rings (SSSR count). The number of rotatable bonds is 5. The summed E-state index contributed by atoms with van der Waals surface area (Å²) in [5.41, 5.74) is 5.64. The van der Waals surface area contributed by atoms with Crippen LogP contribution in [0.15, 0.2) is 12.1 Å². The van der Waals surface area contributed by atoms with Gasteiger partial charge >= 0.3 is 5.97 Å². The van der Waals surface area contributed by atoms with Crippen molar-refractivity contribution < 1.29 is 18.7 Å². The SMILES string of the molecule is CCC(C)(C)NC(=O)COC(=O)c1cc(N)c(C)c(F)c1. The van der Waals surface area contributed by atoms with Crippen molar-refractivity contribution in [3.63, 3.8) is 0 Å². The Morgan fingerprint density at radius 1 is 1.38 bits per heavy atom. The first-order chi connectivity index (χ1) is 9.66. The van der Waals surface area contributed by atoms with Crippen LogP contribution in [0, 0.1) is 12.7 Å². The van der Waals surface area contributed by atoms with E-state index in [4.69, 9.17) is 10.5 Å². The molecular weight excluding hydrogens is 275 g/mol. The lowest BCUT2D eigenvalue weighted by atomic mass is 10.0. The van der Waals surface area contributed by atoms with Crippen LogP contribution < -0.4 is 11.1 Å². The Kier molecular flexibility index (Phi) is 5.29. The second-order valence-electron chi connectivity index (χ2n) is 5.53. The van der Waals surface area contributed by atoms with E-state index < -0.39 is 24.3 Å². The molecule has 116 valence electrons. The number of esters is 1. The van der Waals surface area contributed by atoms with E-state index in [-0.39, 0.29) is 22.4 Å². The third-order valence-corrected chi connectivity index (χ3v) is 3.32. The smallest absolute Gasteiger partial charge is 0.338 e. The van der Waals surface area contributed by atoms with Crippen molar-refractivity contribution in [1.29, 1.82) is 0 Å². The quantitative estimate of drug-likeness (QED) is 0.644. The van der Waals surface area contributed by atoms with Crippen molar-refractivity contribution in [3.05, 3.63) is 29.1 Å². The predicted molar refractivity (Wildman–Crippen MR) is 78.3 cm³/mol. The molecule has 0 heterocycles. The maximum atomic E-state index is 13.5. The highest BCUT2D eigenvalue weighted by atomic mass is 19.1. The first-order valence-corrected chi connectivity index (χ1v) is 6.70. The zero-order chi connectivity index (χ0) is 16.2. The molecular formula is C15H21FN2O3. The molecule has 0 radical (unpaired) electrons. The third kappa shape index (κ3) is 4.73. The van der Waals surface area contributed by atoms with Gasteiger partial charge in [0.15, 0.2) is 6.61 Å². The number of nitrogens with two attached hydrogens (primary N) is 1. The number of hydrogen-bond acceptors (Lipinski definition) is 4. The molecule has 0 saturated carbocycles. The third-order valence-electron chi connectivity index (χ3n) is 3.32. The molecule has 1 amide bonds.